The lowest BCUT2D eigenvalue weighted by Gasteiger charge is -2.33. The summed E-state index contributed by atoms with van der Waals surface area (Å²) in [5, 5.41) is 35.3. The first-order valence-electron chi connectivity index (χ1n) is 13.5. The van der Waals surface area contributed by atoms with Gasteiger partial charge in [0.25, 0.3) is 5.91 Å². The molecular weight excluding hydrogens is 572 g/mol. The molecule has 4 N–H and O–H groups in total. The Bertz CT molecular complexity index is 1510. The molecule has 3 aromatic rings. The number of amides is 3. The molecule has 0 aliphatic rings. The second-order valence-electron chi connectivity index (χ2n) is 11.1. The zero-order chi connectivity index (χ0) is 31.9. The van der Waals surface area contributed by atoms with Crippen LogP contribution in [0.1, 0.15) is 49.1 Å². The highest BCUT2D eigenvalue weighted by atomic mass is 35.5. The minimum Gasteiger partial charge on any atom is -0.508 e. The summed E-state index contributed by atoms with van der Waals surface area (Å²) in [5.41, 5.74) is 1.52. The summed E-state index contributed by atoms with van der Waals surface area (Å²) in [6, 6.07) is 14.9. The number of hydrogen-bond donors (Lipinski definition) is 4. The molecular formula is C32H35ClN4O6. The van der Waals surface area contributed by atoms with Crippen LogP contribution in [-0.2, 0) is 20.7 Å². The average molecular weight is 607 g/mol. The van der Waals surface area contributed by atoms with Gasteiger partial charge in [-0.1, -0.05) is 41.9 Å². The van der Waals surface area contributed by atoms with Crippen molar-refractivity contribution in [2.45, 2.75) is 58.7 Å². The number of nitrogens with one attached hydrogen (secondary N) is 2. The molecule has 0 aromatic heterocycles. The van der Waals surface area contributed by atoms with Crippen LogP contribution in [-0.4, -0.2) is 51.2 Å². The summed E-state index contributed by atoms with van der Waals surface area (Å²) in [5.74, 6) is -1.39. The lowest BCUT2D eigenvalue weighted by atomic mass is 9.98. The summed E-state index contributed by atoms with van der Waals surface area (Å²) in [7, 11) is 0. The SMILES string of the molecule is Cc1cc(C(C(=O)Nc2c(C)cccc2Cl)N(CC#N)C(=O)C(Cc2ccc(O)cc2)NC(=O)OC(C)(C)C)ccc1O. The van der Waals surface area contributed by atoms with Crippen molar-refractivity contribution in [3.05, 3.63) is 87.9 Å². The van der Waals surface area contributed by atoms with Gasteiger partial charge in [0.1, 0.15) is 35.7 Å². The molecule has 226 valence electrons. The van der Waals surface area contributed by atoms with E-state index in [0.29, 0.717) is 27.9 Å². The fraction of sp³-hybridized carbons (Fsp3) is 0.312. The van der Waals surface area contributed by atoms with Crippen molar-refractivity contribution < 1.29 is 29.3 Å². The monoisotopic (exact) mass is 606 g/mol. The van der Waals surface area contributed by atoms with E-state index in [9.17, 15) is 29.9 Å². The Morgan fingerprint density at radius 1 is 1.02 bits per heavy atom. The maximum atomic E-state index is 14.3. The van der Waals surface area contributed by atoms with Crippen molar-refractivity contribution in [1.29, 1.82) is 5.26 Å². The maximum absolute atomic E-state index is 14.3. The molecule has 0 bridgehead atoms. The summed E-state index contributed by atoms with van der Waals surface area (Å²) in [6.07, 6.45) is -0.901. The standard InChI is InChI=1S/C32H35ClN4O6/c1-19-7-6-8-24(33)27(19)36-29(40)28(22-11-14-26(39)20(2)17-22)37(16-15-34)30(41)25(35-31(42)43-32(3,4)5)18-21-9-12-23(38)13-10-21/h6-14,17,25,28,38-39H,16,18H2,1-5H3,(H,35,42)(H,36,40). The third kappa shape index (κ3) is 8.87. The highest BCUT2D eigenvalue weighted by molar-refractivity contribution is 6.34. The van der Waals surface area contributed by atoms with Crippen LogP contribution < -0.4 is 10.6 Å². The molecule has 0 aliphatic carbocycles. The number of aryl methyl sites for hydroxylation is 2. The molecule has 0 spiro atoms. The van der Waals surface area contributed by atoms with Crippen molar-refractivity contribution in [1.82, 2.24) is 10.2 Å². The van der Waals surface area contributed by atoms with Crippen LogP contribution in [0.5, 0.6) is 11.5 Å². The number of rotatable bonds is 9. The second-order valence-corrected chi connectivity index (χ2v) is 11.5. The van der Waals surface area contributed by atoms with E-state index in [-0.39, 0.29) is 22.9 Å². The number of benzene rings is 3. The van der Waals surface area contributed by atoms with E-state index in [2.05, 4.69) is 10.6 Å². The van der Waals surface area contributed by atoms with E-state index in [4.69, 9.17) is 16.3 Å². The van der Waals surface area contributed by atoms with E-state index in [1.165, 1.54) is 24.3 Å². The molecule has 3 rings (SSSR count). The molecule has 0 saturated carbocycles. The number of phenolic OH excluding ortho intramolecular Hbond substituents is 2. The lowest BCUT2D eigenvalue weighted by molar-refractivity contribution is -0.140. The largest absolute Gasteiger partial charge is 0.508 e. The van der Waals surface area contributed by atoms with Crippen molar-refractivity contribution in [2.24, 2.45) is 0 Å². The van der Waals surface area contributed by atoms with E-state index in [0.717, 1.165) is 4.90 Å². The van der Waals surface area contributed by atoms with Crippen molar-refractivity contribution in [3.8, 4) is 17.6 Å². The fourth-order valence-electron chi connectivity index (χ4n) is 4.39. The third-order valence-electron chi connectivity index (χ3n) is 6.46. The molecule has 0 radical (unpaired) electrons. The number of nitrogens with zero attached hydrogens (tertiary/aromatic N) is 2. The van der Waals surface area contributed by atoms with Gasteiger partial charge in [-0.2, -0.15) is 5.26 Å². The van der Waals surface area contributed by atoms with Crippen LogP contribution in [0.3, 0.4) is 0 Å². The Balaban J connectivity index is 2.10. The zero-order valence-electron chi connectivity index (χ0n) is 24.6. The molecule has 43 heavy (non-hydrogen) atoms. The Morgan fingerprint density at radius 3 is 2.28 bits per heavy atom. The minimum atomic E-state index is -1.36. The van der Waals surface area contributed by atoms with Crippen LogP contribution in [0, 0.1) is 25.2 Å². The van der Waals surface area contributed by atoms with Gasteiger partial charge in [0, 0.05) is 6.42 Å². The number of aromatic hydroxyl groups is 2. The summed E-state index contributed by atoms with van der Waals surface area (Å²) < 4.78 is 5.39. The zero-order valence-corrected chi connectivity index (χ0v) is 25.4. The predicted molar refractivity (Wildman–Crippen MR) is 163 cm³/mol. The van der Waals surface area contributed by atoms with E-state index >= 15 is 0 Å². The van der Waals surface area contributed by atoms with E-state index in [1.54, 1.807) is 71.0 Å². The molecule has 11 heteroatoms. The fourth-order valence-corrected chi connectivity index (χ4v) is 4.66. The quantitative estimate of drug-likeness (QED) is 0.233. The number of anilines is 1. The summed E-state index contributed by atoms with van der Waals surface area (Å²) in [4.78, 5) is 42.2. The van der Waals surface area contributed by atoms with Crippen LogP contribution >= 0.6 is 11.6 Å². The van der Waals surface area contributed by atoms with Gasteiger partial charge in [-0.25, -0.2) is 4.79 Å². The smallest absolute Gasteiger partial charge is 0.408 e. The Kier molecular flexibility index (Phi) is 10.6. The van der Waals surface area contributed by atoms with Crippen LogP contribution in [0.4, 0.5) is 10.5 Å². The molecule has 0 saturated heterocycles. The lowest BCUT2D eigenvalue weighted by Crippen LogP contribution is -2.53. The minimum absolute atomic E-state index is 0.0141. The van der Waals surface area contributed by atoms with Crippen molar-refractivity contribution in [3.63, 3.8) is 0 Å². The Morgan fingerprint density at radius 2 is 1.70 bits per heavy atom. The number of carbonyl (C=O) groups is 3. The molecule has 0 fully saturated rings. The highest BCUT2D eigenvalue weighted by Gasteiger charge is 2.37. The molecule has 3 amide bonds. The molecule has 3 aromatic carbocycles. The predicted octanol–water partition coefficient (Wildman–Crippen LogP) is 5.54. The summed E-state index contributed by atoms with van der Waals surface area (Å²) >= 11 is 6.38. The van der Waals surface area contributed by atoms with Crippen molar-refractivity contribution >= 4 is 35.2 Å². The first-order valence-corrected chi connectivity index (χ1v) is 13.9. The summed E-state index contributed by atoms with van der Waals surface area (Å²) in [6.45, 7) is 7.92. The molecule has 2 unspecified atom stereocenters. The van der Waals surface area contributed by atoms with E-state index < -0.39 is 42.1 Å². The molecule has 0 heterocycles. The van der Waals surface area contributed by atoms with Gasteiger partial charge in [-0.15, -0.1) is 0 Å². The second kappa shape index (κ2) is 13.9. The topological polar surface area (TPSA) is 152 Å². The number of alkyl carbamates (subject to hydrolysis) is 1. The normalized spacial score (nSPS) is 12.4. The van der Waals surface area contributed by atoms with Gasteiger partial charge in [0.05, 0.1) is 16.8 Å². The number of carbonyl (C=O) groups excluding carboxylic acids is 3. The number of ether oxygens (including phenoxy) is 1. The molecule has 10 nitrogen and oxygen atoms in total. The third-order valence-corrected chi connectivity index (χ3v) is 6.77. The maximum Gasteiger partial charge on any atom is 0.408 e. The Labute approximate surface area is 255 Å². The van der Waals surface area contributed by atoms with Gasteiger partial charge in [-0.05, 0) is 87.2 Å². The van der Waals surface area contributed by atoms with Gasteiger partial charge in [-0.3, -0.25) is 9.59 Å². The van der Waals surface area contributed by atoms with Crippen LogP contribution in [0.15, 0.2) is 60.7 Å². The van der Waals surface area contributed by atoms with Gasteiger partial charge < -0.3 is 30.5 Å². The number of phenols is 2. The van der Waals surface area contributed by atoms with E-state index in [1.807, 2.05) is 6.07 Å². The van der Waals surface area contributed by atoms with Crippen LogP contribution in [0.2, 0.25) is 5.02 Å². The number of para-hydroxylation sites is 1. The highest BCUT2D eigenvalue weighted by Crippen LogP contribution is 2.31. The van der Waals surface area contributed by atoms with Crippen LogP contribution in [0.25, 0.3) is 0 Å². The Hall–Kier alpha value is -4.75. The molecule has 0 aliphatic heterocycles. The number of halogens is 1. The molecule has 2 atom stereocenters. The van der Waals surface area contributed by atoms with Gasteiger partial charge >= 0.3 is 6.09 Å². The van der Waals surface area contributed by atoms with Gasteiger partial charge in [0.15, 0.2) is 0 Å². The average Bonchev–Trinajstić information content (AvgIpc) is 2.92. The van der Waals surface area contributed by atoms with Gasteiger partial charge in [0.2, 0.25) is 5.91 Å². The van der Waals surface area contributed by atoms with Crippen molar-refractivity contribution in [2.75, 3.05) is 11.9 Å². The first kappa shape index (κ1) is 32.8. The first-order chi connectivity index (χ1) is 20.2. The number of nitriles is 1. The number of hydrogen-bond acceptors (Lipinski definition) is 7.